The number of carbonyl (C=O) groups excluding carboxylic acids is 2. The lowest BCUT2D eigenvalue weighted by Gasteiger charge is -2.07. The third-order valence-electron chi connectivity index (χ3n) is 2.90. The Balaban J connectivity index is 1.93. The van der Waals surface area contributed by atoms with Crippen molar-refractivity contribution >= 4 is 29.7 Å². The summed E-state index contributed by atoms with van der Waals surface area (Å²) in [6.07, 6.45) is 3.67. The van der Waals surface area contributed by atoms with Crippen LogP contribution in [0.5, 0.6) is 0 Å². The first-order valence-corrected chi connectivity index (χ1v) is 8.04. The molecule has 0 spiro atoms. The number of benzene rings is 2. The van der Waals surface area contributed by atoms with Gasteiger partial charge in [0.2, 0.25) is 5.91 Å². The number of ether oxygens (including phenoxy) is 1. The Hall–Kier alpha value is -2.53. The molecule has 0 radical (unpaired) electrons. The van der Waals surface area contributed by atoms with Gasteiger partial charge in [-0.15, -0.1) is 11.8 Å². The summed E-state index contributed by atoms with van der Waals surface area (Å²) >= 11 is 1.23. The van der Waals surface area contributed by atoms with Crippen molar-refractivity contribution in [3.8, 4) is 0 Å². The largest absolute Gasteiger partial charge is 0.458 e. The van der Waals surface area contributed by atoms with Crippen LogP contribution >= 0.6 is 11.8 Å². The lowest BCUT2D eigenvalue weighted by Crippen LogP contribution is -2.14. The first-order valence-electron chi connectivity index (χ1n) is 7.05. The van der Waals surface area contributed by atoms with Crippen LogP contribution in [0.15, 0.2) is 65.6 Å². The van der Waals surface area contributed by atoms with Crippen molar-refractivity contribution in [3.05, 3.63) is 71.8 Å². The zero-order valence-electron chi connectivity index (χ0n) is 12.5. The quantitative estimate of drug-likeness (QED) is 0.626. The van der Waals surface area contributed by atoms with E-state index in [-0.39, 0.29) is 12.4 Å². The van der Waals surface area contributed by atoms with Crippen LogP contribution in [0, 0.1) is 0 Å². The van der Waals surface area contributed by atoms with Gasteiger partial charge >= 0.3 is 5.97 Å². The molecule has 0 aliphatic rings. The summed E-state index contributed by atoms with van der Waals surface area (Å²) < 4.78 is 5.24. The number of hydrogen-bond acceptors (Lipinski definition) is 4. The number of rotatable bonds is 7. The van der Waals surface area contributed by atoms with Crippen LogP contribution < -0.4 is 5.73 Å². The molecule has 2 N–H and O–H groups in total. The third kappa shape index (κ3) is 5.64. The molecule has 2 aromatic carbocycles. The molecule has 0 bridgehead atoms. The molecule has 0 aromatic heterocycles. The predicted octanol–water partition coefficient (Wildman–Crippen LogP) is 3.13. The molecule has 5 heteroatoms. The Morgan fingerprint density at radius 2 is 1.74 bits per heavy atom. The monoisotopic (exact) mass is 327 g/mol. The van der Waals surface area contributed by atoms with E-state index in [1.807, 2.05) is 36.4 Å². The fourth-order valence-corrected chi connectivity index (χ4v) is 2.64. The van der Waals surface area contributed by atoms with Gasteiger partial charge in [-0.05, 0) is 23.8 Å². The van der Waals surface area contributed by atoms with Gasteiger partial charge in [0, 0.05) is 4.90 Å². The van der Waals surface area contributed by atoms with Crippen LogP contribution in [-0.4, -0.2) is 24.2 Å². The van der Waals surface area contributed by atoms with Crippen molar-refractivity contribution in [2.45, 2.75) is 4.90 Å². The zero-order valence-corrected chi connectivity index (χ0v) is 13.3. The fraction of sp³-hybridized carbons (Fsp3) is 0.111. The van der Waals surface area contributed by atoms with E-state index in [0.29, 0.717) is 10.5 Å². The number of thioether (sulfide) groups is 1. The molecule has 0 aliphatic carbocycles. The third-order valence-corrected chi connectivity index (χ3v) is 3.99. The topological polar surface area (TPSA) is 69.4 Å². The molecule has 0 saturated heterocycles. The van der Waals surface area contributed by atoms with E-state index >= 15 is 0 Å². The molecule has 0 saturated carbocycles. The second-order valence-electron chi connectivity index (χ2n) is 4.66. The minimum Gasteiger partial charge on any atom is -0.458 e. The van der Waals surface area contributed by atoms with Crippen LogP contribution in [0.3, 0.4) is 0 Å². The number of hydrogen-bond donors (Lipinski definition) is 1. The summed E-state index contributed by atoms with van der Waals surface area (Å²) in [5, 5.41) is 0. The van der Waals surface area contributed by atoms with Gasteiger partial charge in [0.15, 0.2) is 0 Å². The first-order chi connectivity index (χ1) is 11.2. The zero-order chi connectivity index (χ0) is 16.5. The maximum Gasteiger partial charge on any atom is 0.339 e. The van der Waals surface area contributed by atoms with E-state index in [2.05, 4.69) is 0 Å². The SMILES string of the molecule is NC(=O)CSc1ccccc1C(=O)OC/C=C/c1ccccc1. The summed E-state index contributed by atoms with van der Waals surface area (Å²) in [5.74, 6) is -0.725. The van der Waals surface area contributed by atoms with Crippen LogP contribution in [0.1, 0.15) is 15.9 Å². The molecule has 0 fully saturated rings. The normalized spacial score (nSPS) is 10.6. The van der Waals surface area contributed by atoms with Crippen molar-refractivity contribution in [1.29, 1.82) is 0 Å². The summed E-state index contributed by atoms with van der Waals surface area (Å²) in [6.45, 7) is 0.183. The second kappa shape index (κ2) is 8.80. The lowest BCUT2D eigenvalue weighted by molar-refractivity contribution is -0.115. The molecule has 0 atom stereocenters. The maximum atomic E-state index is 12.1. The van der Waals surface area contributed by atoms with Crippen LogP contribution in [0.4, 0.5) is 0 Å². The Morgan fingerprint density at radius 1 is 1.04 bits per heavy atom. The van der Waals surface area contributed by atoms with E-state index in [9.17, 15) is 9.59 Å². The predicted molar refractivity (Wildman–Crippen MR) is 92.1 cm³/mol. The molecule has 1 amide bonds. The summed E-state index contributed by atoms with van der Waals surface area (Å²) in [6, 6.07) is 16.8. The lowest BCUT2D eigenvalue weighted by atomic mass is 10.2. The van der Waals surface area contributed by atoms with Crippen molar-refractivity contribution in [3.63, 3.8) is 0 Å². The molecule has 0 aliphatic heterocycles. The van der Waals surface area contributed by atoms with E-state index in [1.165, 1.54) is 11.8 Å². The van der Waals surface area contributed by atoms with Gasteiger partial charge in [-0.1, -0.05) is 48.5 Å². The molecule has 23 heavy (non-hydrogen) atoms. The second-order valence-corrected chi connectivity index (χ2v) is 5.68. The molecular weight excluding hydrogens is 310 g/mol. The maximum absolute atomic E-state index is 12.1. The van der Waals surface area contributed by atoms with Gasteiger partial charge in [0.25, 0.3) is 0 Å². The molecular formula is C18H17NO3S. The number of primary amides is 1. The first kappa shape index (κ1) is 16.8. The van der Waals surface area contributed by atoms with Crippen molar-refractivity contribution < 1.29 is 14.3 Å². The number of amides is 1. The van der Waals surface area contributed by atoms with Crippen molar-refractivity contribution in [2.24, 2.45) is 5.73 Å². The minimum absolute atomic E-state index is 0.123. The van der Waals surface area contributed by atoms with Gasteiger partial charge in [-0.25, -0.2) is 4.79 Å². The van der Waals surface area contributed by atoms with Gasteiger partial charge < -0.3 is 10.5 Å². The highest BCUT2D eigenvalue weighted by Gasteiger charge is 2.12. The highest BCUT2D eigenvalue weighted by Crippen LogP contribution is 2.23. The standard InChI is InChI=1S/C18H17NO3S/c19-17(20)13-23-16-11-5-4-10-15(16)18(21)22-12-6-9-14-7-2-1-3-8-14/h1-11H,12-13H2,(H2,19,20)/b9-6+. The molecule has 0 heterocycles. The van der Waals surface area contributed by atoms with E-state index in [0.717, 1.165) is 5.56 Å². The van der Waals surface area contributed by atoms with Crippen LogP contribution in [-0.2, 0) is 9.53 Å². The van der Waals surface area contributed by atoms with Gasteiger partial charge in [0.05, 0.1) is 11.3 Å². The minimum atomic E-state index is -0.427. The van der Waals surface area contributed by atoms with E-state index < -0.39 is 11.9 Å². The number of nitrogens with two attached hydrogens (primary N) is 1. The number of carbonyl (C=O) groups is 2. The highest BCUT2D eigenvalue weighted by atomic mass is 32.2. The van der Waals surface area contributed by atoms with Gasteiger partial charge in [-0.3, -0.25) is 4.79 Å². The Morgan fingerprint density at radius 3 is 2.48 bits per heavy atom. The van der Waals surface area contributed by atoms with Crippen LogP contribution in [0.25, 0.3) is 6.08 Å². The van der Waals surface area contributed by atoms with E-state index in [1.54, 1.807) is 30.3 Å². The smallest absolute Gasteiger partial charge is 0.339 e. The molecule has 118 valence electrons. The average Bonchev–Trinajstić information content (AvgIpc) is 2.58. The summed E-state index contributed by atoms with van der Waals surface area (Å²) in [7, 11) is 0. The average molecular weight is 327 g/mol. The van der Waals surface area contributed by atoms with Crippen LogP contribution in [0.2, 0.25) is 0 Å². The molecule has 2 rings (SSSR count). The highest BCUT2D eigenvalue weighted by molar-refractivity contribution is 8.00. The van der Waals surface area contributed by atoms with Gasteiger partial charge in [-0.2, -0.15) is 0 Å². The fourth-order valence-electron chi connectivity index (χ4n) is 1.86. The Kier molecular flexibility index (Phi) is 6.44. The summed E-state index contributed by atoms with van der Waals surface area (Å²) in [4.78, 5) is 23.7. The molecule has 0 unspecified atom stereocenters. The van der Waals surface area contributed by atoms with Crippen molar-refractivity contribution in [2.75, 3.05) is 12.4 Å². The van der Waals surface area contributed by atoms with Gasteiger partial charge in [0.1, 0.15) is 6.61 Å². The Labute approximate surface area is 139 Å². The molecule has 4 nitrogen and oxygen atoms in total. The Bertz CT molecular complexity index is 698. The van der Waals surface area contributed by atoms with Crippen molar-refractivity contribution in [1.82, 2.24) is 0 Å². The summed E-state index contributed by atoms with van der Waals surface area (Å²) in [5.41, 5.74) is 6.61. The van der Waals surface area contributed by atoms with E-state index in [4.69, 9.17) is 10.5 Å². The number of esters is 1. The molecule has 2 aromatic rings.